The molecule has 0 fully saturated rings. The molecule has 0 radical (unpaired) electrons. The number of nitrogens with two attached hydrogens (primary N) is 1. The van der Waals surface area contributed by atoms with Gasteiger partial charge in [-0.15, -0.1) is 0 Å². The van der Waals surface area contributed by atoms with Crippen LogP contribution in [0.2, 0.25) is 0 Å². The molecule has 0 bridgehead atoms. The molecule has 3 heteroatoms. The summed E-state index contributed by atoms with van der Waals surface area (Å²) in [5, 5.41) is 1.22. The van der Waals surface area contributed by atoms with Crippen molar-refractivity contribution in [2.75, 3.05) is 0 Å². The zero-order valence-corrected chi connectivity index (χ0v) is 11.4. The molecule has 1 aromatic heterocycles. The maximum absolute atomic E-state index is 13.5. The highest BCUT2D eigenvalue weighted by Gasteiger charge is 2.05. The van der Waals surface area contributed by atoms with Crippen LogP contribution in [0.1, 0.15) is 16.7 Å². The molecule has 0 atom stereocenters. The fourth-order valence-electron chi connectivity index (χ4n) is 2.51. The minimum atomic E-state index is -0.232. The average molecular weight is 268 g/mol. The van der Waals surface area contributed by atoms with Crippen molar-refractivity contribution in [3.63, 3.8) is 0 Å². The molecule has 2 nitrogen and oxygen atoms in total. The van der Waals surface area contributed by atoms with E-state index in [1.807, 2.05) is 12.1 Å². The Bertz CT molecular complexity index is 759. The molecule has 102 valence electrons. The molecule has 20 heavy (non-hydrogen) atoms. The van der Waals surface area contributed by atoms with Gasteiger partial charge in [-0.25, -0.2) is 4.39 Å². The quantitative estimate of drug-likeness (QED) is 0.773. The lowest BCUT2D eigenvalue weighted by molar-refractivity contribution is 0.609. The first-order valence-electron chi connectivity index (χ1n) is 6.70. The second-order valence-electron chi connectivity index (χ2n) is 5.14. The first kappa shape index (κ1) is 12.9. The van der Waals surface area contributed by atoms with Gasteiger partial charge in [-0.3, -0.25) is 0 Å². The Morgan fingerprint density at radius 3 is 2.75 bits per heavy atom. The number of nitrogens with zero attached hydrogens (tertiary/aromatic N) is 1. The average Bonchev–Trinajstić information content (AvgIpc) is 2.83. The molecular weight excluding hydrogens is 251 g/mol. The third kappa shape index (κ3) is 2.32. The van der Waals surface area contributed by atoms with Gasteiger partial charge in [0.25, 0.3) is 0 Å². The number of rotatable bonds is 3. The normalized spacial score (nSPS) is 11.2. The highest BCUT2D eigenvalue weighted by atomic mass is 19.1. The van der Waals surface area contributed by atoms with Gasteiger partial charge >= 0.3 is 0 Å². The Labute approximate surface area is 117 Å². The smallest absolute Gasteiger partial charge is 0.127 e. The van der Waals surface area contributed by atoms with Crippen molar-refractivity contribution < 1.29 is 4.39 Å². The van der Waals surface area contributed by atoms with Crippen LogP contribution in [0.3, 0.4) is 0 Å². The van der Waals surface area contributed by atoms with E-state index in [1.54, 1.807) is 0 Å². The number of fused-ring (bicyclic) bond motifs is 1. The van der Waals surface area contributed by atoms with Gasteiger partial charge in [0.05, 0.1) is 0 Å². The van der Waals surface area contributed by atoms with E-state index in [9.17, 15) is 4.39 Å². The highest BCUT2D eigenvalue weighted by molar-refractivity contribution is 5.80. The van der Waals surface area contributed by atoms with Gasteiger partial charge in [0.2, 0.25) is 0 Å². The van der Waals surface area contributed by atoms with Crippen molar-refractivity contribution in [1.82, 2.24) is 4.57 Å². The van der Waals surface area contributed by atoms with Gasteiger partial charge in [0.15, 0.2) is 0 Å². The number of hydrogen-bond acceptors (Lipinski definition) is 1. The topological polar surface area (TPSA) is 30.9 Å². The lowest BCUT2D eigenvalue weighted by Crippen LogP contribution is -2.03. The van der Waals surface area contributed by atoms with Gasteiger partial charge < -0.3 is 10.3 Å². The second-order valence-corrected chi connectivity index (χ2v) is 5.14. The zero-order chi connectivity index (χ0) is 14.1. The number of benzene rings is 2. The molecule has 2 N–H and O–H groups in total. The van der Waals surface area contributed by atoms with E-state index in [-0.39, 0.29) is 12.4 Å². The largest absolute Gasteiger partial charge is 0.343 e. The molecule has 0 saturated heterocycles. The summed E-state index contributed by atoms with van der Waals surface area (Å²) in [6.45, 7) is 3.03. The van der Waals surface area contributed by atoms with Crippen LogP contribution >= 0.6 is 0 Å². The molecule has 1 heterocycles. The van der Waals surface area contributed by atoms with Crippen LogP contribution < -0.4 is 5.73 Å². The van der Waals surface area contributed by atoms with Crippen LogP contribution in [-0.4, -0.2) is 4.57 Å². The fourth-order valence-corrected chi connectivity index (χ4v) is 2.51. The molecule has 0 aliphatic heterocycles. The van der Waals surface area contributed by atoms with Gasteiger partial charge in [-0.1, -0.05) is 18.2 Å². The molecule has 0 aliphatic rings. The first-order valence-corrected chi connectivity index (χ1v) is 6.70. The van der Waals surface area contributed by atoms with Crippen molar-refractivity contribution >= 4 is 10.9 Å². The maximum atomic E-state index is 13.5. The summed E-state index contributed by atoms with van der Waals surface area (Å²) in [5.74, 6) is -0.232. The first-order chi connectivity index (χ1) is 9.67. The summed E-state index contributed by atoms with van der Waals surface area (Å²) in [6.07, 6.45) is 2.07. The monoisotopic (exact) mass is 268 g/mol. The van der Waals surface area contributed by atoms with Gasteiger partial charge in [0.1, 0.15) is 5.82 Å². The zero-order valence-electron chi connectivity index (χ0n) is 11.4. The van der Waals surface area contributed by atoms with E-state index < -0.39 is 0 Å². The van der Waals surface area contributed by atoms with Crippen molar-refractivity contribution in [3.05, 3.63) is 71.2 Å². The number of halogens is 1. The molecule has 0 aliphatic carbocycles. The summed E-state index contributed by atoms with van der Waals surface area (Å²) in [7, 11) is 0. The summed E-state index contributed by atoms with van der Waals surface area (Å²) in [4.78, 5) is 0. The van der Waals surface area contributed by atoms with Gasteiger partial charge in [-0.2, -0.15) is 0 Å². The predicted octanol–water partition coefficient (Wildman–Crippen LogP) is 3.60. The Morgan fingerprint density at radius 2 is 1.95 bits per heavy atom. The number of aryl methyl sites for hydroxylation is 1. The molecule has 3 aromatic rings. The van der Waals surface area contributed by atoms with Gasteiger partial charge in [0, 0.05) is 30.4 Å². The van der Waals surface area contributed by atoms with Crippen molar-refractivity contribution in [2.45, 2.75) is 20.0 Å². The number of aromatic nitrogens is 1. The summed E-state index contributed by atoms with van der Waals surface area (Å²) in [6, 6.07) is 13.7. The molecule has 0 amide bonds. The Morgan fingerprint density at radius 1 is 1.10 bits per heavy atom. The van der Waals surface area contributed by atoms with E-state index in [0.717, 1.165) is 12.1 Å². The molecule has 2 aromatic carbocycles. The van der Waals surface area contributed by atoms with E-state index in [2.05, 4.69) is 42.0 Å². The standard InChI is InChI=1S/C17H17FN2/c1-12-2-4-14-6-7-20(17(14)8-12)11-13-3-5-16(18)15(9-13)10-19/h2-9H,10-11,19H2,1H3. The third-order valence-corrected chi connectivity index (χ3v) is 3.61. The van der Waals surface area contributed by atoms with Crippen LogP contribution in [0.25, 0.3) is 10.9 Å². The fraction of sp³-hybridized carbons (Fsp3) is 0.176. The molecule has 0 spiro atoms. The van der Waals surface area contributed by atoms with Crippen molar-refractivity contribution in [1.29, 1.82) is 0 Å². The Kier molecular flexibility index (Phi) is 3.28. The van der Waals surface area contributed by atoms with Crippen LogP contribution in [-0.2, 0) is 13.1 Å². The molecule has 0 unspecified atom stereocenters. The summed E-state index contributed by atoms with van der Waals surface area (Å²) < 4.78 is 15.6. The van der Waals surface area contributed by atoms with E-state index in [1.165, 1.54) is 22.5 Å². The lowest BCUT2D eigenvalue weighted by atomic mass is 10.1. The molecule has 3 rings (SSSR count). The molecule has 0 saturated carbocycles. The van der Waals surface area contributed by atoms with E-state index in [0.29, 0.717) is 5.56 Å². The predicted molar refractivity (Wildman–Crippen MR) is 80.1 cm³/mol. The molecular formula is C17H17FN2. The van der Waals surface area contributed by atoms with Crippen molar-refractivity contribution in [2.24, 2.45) is 5.73 Å². The van der Waals surface area contributed by atoms with Crippen LogP contribution in [0.15, 0.2) is 48.7 Å². The maximum Gasteiger partial charge on any atom is 0.127 e. The van der Waals surface area contributed by atoms with Crippen LogP contribution in [0, 0.1) is 12.7 Å². The minimum absolute atomic E-state index is 0.227. The summed E-state index contributed by atoms with van der Waals surface area (Å²) in [5.41, 5.74) is 9.62. The second kappa shape index (κ2) is 5.10. The van der Waals surface area contributed by atoms with E-state index in [4.69, 9.17) is 5.73 Å². The minimum Gasteiger partial charge on any atom is -0.343 e. The Balaban J connectivity index is 1.99. The SMILES string of the molecule is Cc1ccc2ccn(Cc3ccc(F)c(CN)c3)c2c1. The lowest BCUT2D eigenvalue weighted by Gasteiger charge is -2.08. The number of hydrogen-bond donors (Lipinski definition) is 1. The highest BCUT2D eigenvalue weighted by Crippen LogP contribution is 2.19. The van der Waals surface area contributed by atoms with E-state index >= 15 is 0 Å². The van der Waals surface area contributed by atoms with Crippen LogP contribution in [0.5, 0.6) is 0 Å². The summed E-state index contributed by atoms with van der Waals surface area (Å²) >= 11 is 0. The van der Waals surface area contributed by atoms with Gasteiger partial charge in [-0.05, 0) is 47.7 Å². The third-order valence-electron chi connectivity index (χ3n) is 3.61. The van der Waals surface area contributed by atoms with Crippen LogP contribution in [0.4, 0.5) is 4.39 Å². The Hall–Kier alpha value is -2.13. The van der Waals surface area contributed by atoms with Crippen molar-refractivity contribution in [3.8, 4) is 0 Å².